The van der Waals surface area contributed by atoms with Gasteiger partial charge in [0.25, 0.3) is 17.4 Å². The highest BCUT2D eigenvalue weighted by atomic mass is 16.2. The van der Waals surface area contributed by atoms with Crippen LogP contribution in [-0.4, -0.2) is 37.2 Å². The van der Waals surface area contributed by atoms with Crippen LogP contribution >= 0.6 is 0 Å². The normalized spacial score (nSPS) is 10.8. The first-order valence-electron chi connectivity index (χ1n) is 10.8. The first-order valence-corrected chi connectivity index (χ1v) is 10.8. The number of nitrogens with zero attached hydrogens (tertiary/aromatic N) is 3. The van der Waals surface area contributed by atoms with Gasteiger partial charge in [0.2, 0.25) is 5.91 Å². The number of aromatic amines is 1. The van der Waals surface area contributed by atoms with Gasteiger partial charge in [0, 0.05) is 31.1 Å². The van der Waals surface area contributed by atoms with Gasteiger partial charge in [-0.2, -0.15) is 0 Å². The first-order chi connectivity index (χ1) is 16.8. The Labute approximate surface area is 199 Å². The van der Waals surface area contributed by atoms with Crippen LogP contribution in [0.1, 0.15) is 38.4 Å². The fraction of sp³-hybridized carbons (Fsp3) is 0.167. The first kappa shape index (κ1) is 23.4. The van der Waals surface area contributed by atoms with Crippen LogP contribution in [0.4, 0.5) is 5.82 Å². The SMILES string of the molecule is Cc1ccc(CNC(=O)c2cc3cccnc3n(CCC(=O)Nc3nc[nH]c3C(N)=O)c2=O)cc1. The number of carbonyl (C=O) groups is 3. The molecule has 1 aromatic carbocycles. The molecule has 4 aromatic rings. The highest BCUT2D eigenvalue weighted by Crippen LogP contribution is 2.13. The molecule has 3 heterocycles. The maximum atomic E-state index is 13.2. The molecule has 0 aliphatic carbocycles. The van der Waals surface area contributed by atoms with Gasteiger partial charge in [0.05, 0.1) is 6.33 Å². The summed E-state index contributed by atoms with van der Waals surface area (Å²) in [5.41, 5.74) is 6.94. The van der Waals surface area contributed by atoms with E-state index in [0.29, 0.717) is 11.0 Å². The Morgan fingerprint density at radius 3 is 2.63 bits per heavy atom. The van der Waals surface area contributed by atoms with Crippen LogP contribution in [-0.2, 0) is 17.9 Å². The van der Waals surface area contributed by atoms with E-state index < -0.39 is 23.3 Å². The minimum Gasteiger partial charge on any atom is -0.364 e. The van der Waals surface area contributed by atoms with Crippen LogP contribution < -0.4 is 21.9 Å². The van der Waals surface area contributed by atoms with Crippen LogP contribution in [0, 0.1) is 6.92 Å². The number of primary amides is 1. The molecule has 4 rings (SSSR count). The summed E-state index contributed by atoms with van der Waals surface area (Å²) in [5, 5.41) is 5.84. The Morgan fingerprint density at radius 2 is 1.89 bits per heavy atom. The number of imidazole rings is 1. The lowest BCUT2D eigenvalue weighted by molar-refractivity contribution is -0.116. The summed E-state index contributed by atoms with van der Waals surface area (Å²) < 4.78 is 1.29. The number of hydrogen-bond acceptors (Lipinski definition) is 6. The maximum Gasteiger partial charge on any atom is 0.269 e. The maximum absolute atomic E-state index is 13.2. The molecular weight excluding hydrogens is 450 g/mol. The van der Waals surface area contributed by atoms with Crippen LogP contribution in [0.15, 0.2) is 59.8 Å². The minimum absolute atomic E-state index is 0.00191. The van der Waals surface area contributed by atoms with Crippen molar-refractivity contribution in [3.05, 3.63) is 87.7 Å². The summed E-state index contributed by atoms with van der Waals surface area (Å²) in [4.78, 5) is 60.6. The van der Waals surface area contributed by atoms with Crippen LogP contribution in [0.3, 0.4) is 0 Å². The van der Waals surface area contributed by atoms with Crippen molar-refractivity contribution in [1.82, 2.24) is 24.8 Å². The molecule has 3 aromatic heterocycles. The van der Waals surface area contributed by atoms with Gasteiger partial charge < -0.3 is 21.4 Å². The summed E-state index contributed by atoms with van der Waals surface area (Å²) in [6.45, 7) is 2.19. The average molecular weight is 473 g/mol. The number of aromatic nitrogens is 4. The number of anilines is 1. The molecule has 0 unspecified atom stereocenters. The monoisotopic (exact) mass is 473 g/mol. The van der Waals surface area contributed by atoms with Gasteiger partial charge >= 0.3 is 0 Å². The lowest BCUT2D eigenvalue weighted by Crippen LogP contribution is -2.34. The third-order valence-electron chi connectivity index (χ3n) is 5.37. The summed E-state index contributed by atoms with van der Waals surface area (Å²) in [7, 11) is 0. The average Bonchev–Trinajstić information content (AvgIpc) is 3.31. The molecule has 0 bridgehead atoms. The van der Waals surface area contributed by atoms with Gasteiger partial charge in [0.15, 0.2) is 5.82 Å². The molecule has 0 spiro atoms. The van der Waals surface area contributed by atoms with Crippen molar-refractivity contribution in [2.45, 2.75) is 26.4 Å². The Hall–Kier alpha value is -4.80. The number of benzene rings is 1. The van der Waals surface area contributed by atoms with E-state index >= 15 is 0 Å². The number of carbonyl (C=O) groups excluding carboxylic acids is 3. The Balaban J connectivity index is 1.54. The van der Waals surface area contributed by atoms with E-state index in [1.165, 1.54) is 23.2 Å². The number of aryl methyl sites for hydroxylation is 2. The zero-order chi connectivity index (χ0) is 24.9. The van der Waals surface area contributed by atoms with Gasteiger partial charge in [0.1, 0.15) is 16.9 Å². The molecule has 3 amide bonds. The summed E-state index contributed by atoms with van der Waals surface area (Å²) in [5.74, 6) is -1.79. The van der Waals surface area contributed by atoms with Crippen molar-refractivity contribution < 1.29 is 14.4 Å². The number of rotatable bonds is 8. The van der Waals surface area contributed by atoms with E-state index in [0.717, 1.165) is 11.1 Å². The second kappa shape index (κ2) is 10.00. The quantitative estimate of drug-likeness (QED) is 0.303. The van der Waals surface area contributed by atoms with E-state index in [9.17, 15) is 19.2 Å². The second-order valence-corrected chi connectivity index (χ2v) is 7.89. The predicted octanol–water partition coefficient (Wildman–Crippen LogP) is 1.49. The molecule has 35 heavy (non-hydrogen) atoms. The Bertz CT molecular complexity index is 1470. The van der Waals surface area contributed by atoms with E-state index in [1.54, 1.807) is 12.1 Å². The third-order valence-corrected chi connectivity index (χ3v) is 5.37. The van der Waals surface area contributed by atoms with Crippen molar-refractivity contribution in [2.24, 2.45) is 5.73 Å². The molecule has 11 nitrogen and oxygen atoms in total. The van der Waals surface area contributed by atoms with Gasteiger partial charge in [-0.3, -0.25) is 23.7 Å². The molecule has 5 N–H and O–H groups in total. The molecule has 0 radical (unpaired) electrons. The lowest BCUT2D eigenvalue weighted by atomic mass is 10.1. The van der Waals surface area contributed by atoms with Crippen LogP contribution in [0.5, 0.6) is 0 Å². The zero-order valence-corrected chi connectivity index (χ0v) is 18.9. The van der Waals surface area contributed by atoms with Gasteiger partial charge in [-0.1, -0.05) is 29.8 Å². The molecule has 0 saturated heterocycles. The van der Waals surface area contributed by atoms with Gasteiger partial charge in [-0.15, -0.1) is 0 Å². The number of H-pyrrole nitrogens is 1. The van der Waals surface area contributed by atoms with E-state index in [1.807, 2.05) is 31.2 Å². The van der Waals surface area contributed by atoms with E-state index in [-0.39, 0.29) is 36.6 Å². The highest BCUT2D eigenvalue weighted by Gasteiger charge is 2.18. The van der Waals surface area contributed by atoms with E-state index in [2.05, 4.69) is 25.6 Å². The molecular formula is C24H23N7O4. The van der Waals surface area contributed by atoms with Crippen molar-refractivity contribution in [3.8, 4) is 0 Å². The lowest BCUT2D eigenvalue weighted by Gasteiger charge is -2.12. The number of amides is 3. The summed E-state index contributed by atoms with van der Waals surface area (Å²) >= 11 is 0. The second-order valence-electron chi connectivity index (χ2n) is 7.89. The predicted molar refractivity (Wildman–Crippen MR) is 129 cm³/mol. The molecule has 0 saturated carbocycles. The smallest absolute Gasteiger partial charge is 0.269 e. The molecule has 0 aliphatic heterocycles. The number of hydrogen-bond donors (Lipinski definition) is 4. The zero-order valence-electron chi connectivity index (χ0n) is 18.9. The molecule has 178 valence electrons. The van der Waals surface area contributed by atoms with Crippen molar-refractivity contribution in [3.63, 3.8) is 0 Å². The largest absolute Gasteiger partial charge is 0.364 e. The van der Waals surface area contributed by atoms with Crippen molar-refractivity contribution in [1.29, 1.82) is 0 Å². The standard InChI is InChI=1S/C24H23N7O4/c1-14-4-6-15(7-5-14)12-27-23(34)17-11-16-3-2-9-26-22(16)31(24(17)35)10-8-18(32)30-21-19(20(25)33)28-13-29-21/h2-7,9,11,13H,8,10,12H2,1H3,(H2,25,33)(H,27,34)(H,28,29)(H,30,32). The fourth-order valence-electron chi connectivity index (χ4n) is 3.54. The summed E-state index contributed by atoms with van der Waals surface area (Å²) in [6, 6.07) is 12.6. The van der Waals surface area contributed by atoms with Crippen molar-refractivity contribution in [2.75, 3.05) is 5.32 Å². The van der Waals surface area contributed by atoms with Gasteiger partial charge in [-0.05, 0) is 30.7 Å². The fourth-order valence-corrected chi connectivity index (χ4v) is 3.54. The van der Waals surface area contributed by atoms with Crippen LogP contribution in [0.25, 0.3) is 11.0 Å². The Morgan fingerprint density at radius 1 is 1.11 bits per heavy atom. The third kappa shape index (κ3) is 5.24. The molecule has 0 atom stereocenters. The summed E-state index contributed by atoms with van der Waals surface area (Å²) in [6.07, 6.45) is 2.62. The topological polar surface area (TPSA) is 165 Å². The highest BCUT2D eigenvalue weighted by molar-refractivity contribution is 6.00. The Kier molecular flexibility index (Phi) is 6.67. The van der Waals surface area contributed by atoms with Crippen LogP contribution in [0.2, 0.25) is 0 Å². The number of fused-ring (bicyclic) bond motifs is 1. The number of nitrogens with one attached hydrogen (secondary N) is 3. The van der Waals surface area contributed by atoms with Gasteiger partial charge in [-0.25, -0.2) is 9.97 Å². The molecule has 0 fully saturated rings. The van der Waals surface area contributed by atoms with Crippen molar-refractivity contribution >= 4 is 34.6 Å². The number of nitrogens with two attached hydrogens (primary N) is 1. The molecule has 0 aliphatic rings. The minimum atomic E-state index is -0.770. The van der Waals surface area contributed by atoms with E-state index in [4.69, 9.17) is 5.73 Å². The molecule has 11 heteroatoms. The number of pyridine rings is 2.